The Balaban J connectivity index is 1.75. The first-order valence-electron chi connectivity index (χ1n) is 7.31. The Morgan fingerprint density at radius 1 is 1.32 bits per heavy atom. The summed E-state index contributed by atoms with van der Waals surface area (Å²) in [4.78, 5) is 13.3. The molecule has 1 aromatic rings. The number of fused-ring (bicyclic) bond motifs is 1. The van der Waals surface area contributed by atoms with Crippen molar-refractivity contribution in [2.75, 3.05) is 18.0 Å². The van der Waals surface area contributed by atoms with Gasteiger partial charge < -0.3 is 10.0 Å². The lowest BCUT2D eigenvalue weighted by molar-refractivity contribution is -0.136. The quantitative estimate of drug-likeness (QED) is 0.904. The molecule has 2 aliphatic rings. The third-order valence-electron chi connectivity index (χ3n) is 4.45. The third kappa shape index (κ3) is 2.75. The van der Waals surface area contributed by atoms with E-state index in [1.54, 1.807) is 0 Å². The molecule has 19 heavy (non-hydrogen) atoms. The van der Waals surface area contributed by atoms with E-state index in [1.807, 2.05) is 6.07 Å². The molecule has 102 valence electrons. The second kappa shape index (κ2) is 5.24. The van der Waals surface area contributed by atoms with Crippen molar-refractivity contribution in [2.24, 2.45) is 5.92 Å². The number of nitrogens with zero attached hydrogens (tertiary/aromatic N) is 1. The molecule has 0 saturated heterocycles. The minimum atomic E-state index is -0.750. The van der Waals surface area contributed by atoms with Crippen molar-refractivity contribution < 1.29 is 9.90 Å². The molecule has 1 fully saturated rings. The number of benzene rings is 1. The van der Waals surface area contributed by atoms with E-state index < -0.39 is 5.97 Å². The van der Waals surface area contributed by atoms with Crippen molar-refractivity contribution >= 4 is 11.7 Å². The average molecular weight is 259 g/mol. The number of carboxylic acids is 1. The van der Waals surface area contributed by atoms with E-state index in [0.717, 1.165) is 31.0 Å². The van der Waals surface area contributed by atoms with E-state index in [4.69, 9.17) is 5.11 Å². The van der Waals surface area contributed by atoms with Crippen molar-refractivity contribution in [1.82, 2.24) is 0 Å². The summed E-state index contributed by atoms with van der Waals surface area (Å²) in [6, 6.07) is 6.17. The zero-order valence-corrected chi connectivity index (χ0v) is 11.3. The molecule has 0 aromatic heterocycles. The van der Waals surface area contributed by atoms with E-state index in [9.17, 15) is 4.79 Å². The van der Waals surface area contributed by atoms with Crippen LogP contribution in [0.5, 0.6) is 0 Å². The lowest BCUT2D eigenvalue weighted by Gasteiger charge is -2.23. The van der Waals surface area contributed by atoms with Crippen molar-refractivity contribution in [2.45, 2.75) is 38.5 Å². The molecule has 1 saturated carbocycles. The second-order valence-corrected chi connectivity index (χ2v) is 5.88. The number of carboxylic acid groups (broad SMARTS) is 1. The molecule has 0 amide bonds. The summed E-state index contributed by atoms with van der Waals surface area (Å²) in [6.07, 6.45) is 6.72. The van der Waals surface area contributed by atoms with Gasteiger partial charge >= 0.3 is 5.97 Å². The Morgan fingerprint density at radius 2 is 2.11 bits per heavy atom. The van der Waals surface area contributed by atoms with Crippen LogP contribution in [0, 0.1) is 5.92 Å². The monoisotopic (exact) mass is 259 g/mol. The molecule has 1 N–H and O–H groups in total. The van der Waals surface area contributed by atoms with Gasteiger partial charge in [-0.1, -0.05) is 25.0 Å². The minimum Gasteiger partial charge on any atom is -0.481 e. The largest absolute Gasteiger partial charge is 0.481 e. The normalized spacial score (nSPS) is 18.8. The van der Waals surface area contributed by atoms with Crippen LogP contribution in [-0.4, -0.2) is 24.2 Å². The van der Waals surface area contributed by atoms with Gasteiger partial charge in [-0.15, -0.1) is 0 Å². The highest BCUT2D eigenvalue weighted by Crippen LogP contribution is 2.33. The van der Waals surface area contributed by atoms with Crippen molar-refractivity contribution in [3.05, 3.63) is 29.3 Å². The van der Waals surface area contributed by atoms with Crippen LogP contribution in [0.2, 0.25) is 0 Å². The second-order valence-electron chi connectivity index (χ2n) is 5.88. The molecule has 3 rings (SSSR count). The number of hydrogen-bond donors (Lipinski definition) is 1. The van der Waals surface area contributed by atoms with Crippen molar-refractivity contribution in [3.63, 3.8) is 0 Å². The van der Waals surface area contributed by atoms with E-state index in [2.05, 4.69) is 17.0 Å². The van der Waals surface area contributed by atoms with Gasteiger partial charge in [-0.2, -0.15) is 0 Å². The summed E-state index contributed by atoms with van der Waals surface area (Å²) in [5.74, 6) is 0.0920. The average Bonchev–Trinajstić information content (AvgIpc) is 3.00. The number of aliphatic carboxylic acids is 1. The molecule has 1 heterocycles. The molecular formula is C16H21NO2. The highest BCUT2D eigenvalue weighted by molar-refractivity contribution is 5.71. The predicted octanol–water partition coefficient (Wildman–Crippen LogP) is 2.87. The van der Waals surface area contributed by atoms with Gasteiger partial charge in [0, 0.05) is 18.8 Å². The maximum absolute atomic E-state index is 10.8. The lowest BCUT2D eigenvalue weighted by Crippen LogP contribution is -2.26. The SMILES string of the molecule is O=C(O)Cc1ccc2c(c1)N(CC1CCCC1)CC2. The summed E-state index contributed by atoms with van der Waals surface area (Å²) in [7, 11) is 0. The zero-order valence-electron chi connectivity index (χ0n) is 11.3. The van der Waals surface area contributed by atoms with E-state index in [1.165, 1.54) is 36.9 Å². The van der Waals surface area contributed by atoms with Crippen LogP contribution in [0.3, 0.4) is 0 Å². The predicted molar refractivity (Wildman–Crippen MR) is 75.7 cm³/mol. The van der Waals surface area contributed by atoms with Crippen LogP contribution in [0.15, 0.2) is 18.2 Å². The summed E-state index contributed by atoms with van der Waals surface area (Å²) < 4.78 is 0. The number of carbonyl (C=O) groups is 1. The maximum Gasteiger partial charge on any atom is 0.307 e. The molecule has 0 bridgehead atoms. The Morgan fingerprint density at radius 3 is 2.84 bits per heavy atom. The molecule has 3 heteroatoms. The number of rotatable bonds is 4. The van der Waals surface area contributed by atoms with Crippen LogP contribution in [0.4, 0.5) is 5.69 Å². The van der Waals surface area contributed by atoms with Gasteiger partial charge in [-0.3, -0.25) is 4.79 Å². The Bertz CT molecular complexity index is 478. The zero-order chi connectivity index (χ0) is 13.2. The summed E-state index contributed by atoms with van der Waals surface area (Å²) in [6.45, 7) is 2.26. The molecule has 0 atom stereocenters. The van der Waals surface area contributed by atoms with Crippen LogP contribution >= 0.6 is 0 Å². The van der Waals surface area contributed by atoms with Gasteiger partial charge in [0.1, 0.15) is 0 Å². The Hall–Kier alpha value is -1.51. The fourth-order valence-electron chi connectivity index (χ4n) is 3.47. The van der Waals surface area contributed by atoms with Crippen LogP contribution < -0.4 is 4.90 Å². The lowest BCUT2D eigenvalue weighted by atomic mass is 10.1. The van der Waals surface area contributed by atoms with E-state index >= 15 is 0 Å². The molecule has 0 unspecified atom stereocenters. The topological polar surface area (TPSA) is 40.5 Å². The summed E-state index contributed by atoms with van der Waals surface area (Å²) >= 11 is 0. The molecule has 1 aliphatic heterocycles. The molecule has 0 radical (unpaired) electrons. The summed E-state index contributed by atoms with van der Waals surface area (Å²) in [5.41, 5.74) is 3.59. The highest BCUT2D eigenvalue weighted by Gasteiger charge is 2.24. The van der Waals surface area contributed by atoms with Crippen molar-refractivity contribution in [1.29, 1.82) is 0 Å². The molecule has 0 spiro atoms. The van der Waals surface area contributed by atoms with E-state index in [0.29, 0.717) is 0 Å². The molecule has 1 aliphatic carbocycles. The van der Waals surface area contributed by atoms with Gasteiger partial charge in [0.05, 0.1) is 6.42 Å². The summed E-state index contributed by atoms with van der Waals surface area (Å²) in [5, 5.41) is 8.90. The standard InChI is InChI=1S/C16H21NO2/c18-16(19)10-13-5-6-14-7-8-17(15(14)9-13)11-12-3-1-2-4-12/h5-6,9,12H,1-4,7-8,10-11H2,(H,18,19). The van der Waals surface area contributed by atoms with Gasteiger partial charge in [0.25, 0.3) is 0 Å². The van der Waals surface area contributed by atoms with Gasteiger partial charge in [0.15, 0.2) is 0 Å². The minimum absolute atomic E-state index is 0.130. The highest BCUT2D eigenvalue weighted by atomic mass is 16.4. The number of hydrogen-bond acceptors (Lipinski definition) is 2. The van der Waals surface area contributed by atoms with Crippen LogP contribution in [0.1, 0.15) is 36.8 Å². The third-order valence-corrected chi connectivity index (χ3v) is 4.45. The molecule has 3 nitrogen and oxygen atoms in total. The van der Waals surface area contributed by atoms with Gasteiger partial charge in [0.2, 0.25) is 0 Å². The van der Waals surface area contributed by atoms with E-state index in [-0.39, 0.29) is 6.42 Å². The van der Waals surface area contributed by atoms with Gasteiger partial charge in [-0.05, 0) is 42.4 Å². The van der Waals surface area contributed by atoms with Crippen molar-refractivity contribution in [3.8, 4) is 0 Å². The fourth-order valence-corrected chi connectivity index (χ4v) is 3.47. The molecular weight excluding hydrogens is 238 g/mol. The first kappa shape index (κ1) is 12.5. The van der Waals surface area contributed by atoms with Crippen LogP contribution in [0.25, 0.3) is 0 Å². The Labute approximate surface area is 114 Å². The fraction of sp³-hybridized carbons (Fsp3) is 0.562. The maximum atomic E-state index is 10.8. The van der Waals surface area contributed by atoms with Gasteiger partial charge in [-0.25, -0.2) is 0 Å². The number of anilines is 1. The first-order valence-corrected chi connectivity index (χ1v) is 7.31. The first-order chi connectivity index (χ1) is 9.22. The molecule has 1 aromatic carbocycles. The van der Waals surface area contributed by atoms with Crippen LogP contribution in [-0.2, 0) is 17.6 Å². The smallest absolute Gasteiger partial charge is 0.307 e. The Kier molecular flexibility index (Phi) is 3.45.